The minimum atomic E-state index is -0.403. The first-order valence-corrected chi connectivity index (χ1v) is 6.56. The van der Waals surface area contributed by atoms with E-state index in [-0.39, 0.29) is 12.3 Å². The minimum absolute atomic E-state index is 0.0584. The number of nitrogens with one attached hydrogen (secondary N) is 1. The summed E-state index contributed by atoms with van der Waals surface area (Å²) in [5.41, 5.74) is 0.337. The Morgan fingerprint density at radius 3 is 2.91 bits per heavy atom. The van der Waals surface area contributed by atoms with Crippen LogP contribution in [0.25, 0.3) is 5.82 Å². The summed E-state index contributed by atoms with van der Waals surface area (Å²) in [7, 11) is 0. The molecule has 0 radical (unpaired) electrons. The lowest BCUT2D eigenvalue weighted by Crippen LogP contribution is -2.16. The van der Waals surface area contributed by atoms with E-state index in [0.717, 1.165) is 0 Å². The summed E-state index contributed by atoms with van der Waals surface area (Å²) >= 11 is 0. The van der Waals surface area contributed by atoms with E-state index >= 15 is 0 Å². The Morgan fingerprint density at radius 2 is 2.14 bits per heavy atom. The molecule has 7 heteroatoms. The zero-order valence-corrected chi connectivity index (χ0v) is 11.5. The summed E-state index contributed by atoms with van der Waals surface area (Å²) in [6.07, 6.45) is 6.23. The van der Waals surface area contributed by atoms with Crippen molar-refractivity contribution in [1.29, 1.82) is 0 Å². The van der Waals surface area contributed by atoms with Crippen LogP contribution in [0.15, 0.2) is 55.4 Å². The van der Waals surface area contributed by atoms with E-state index < -0.39 is 5.82 Å². The number of amides is 1. The quantitative estimate of drug-likeness (QED) is 0.799. The smallest absolute Gasteiger partial charge is 0.230 e. The molecular formula is C15H12FN5O. The number of benzene rings is 1. The van der Waals surface area contributed by atoms with Crippen molar-refractivity contribution in [2.24, 2.45) is 0 Å². The van der Waals surface area contributed by atoms with Crippen molar-refractivity contribution in [3.05, 3.63) is 66.8 Å². The molecule has 0 bridgehead atoms. The van der Waals surface area contributed by atoms with Crippen molar-refractivity contribution < 1.29 is 9.18 Å². The third kappa shape index (κ3) is 3.14. The molecule has 0 saturated carbocycles. The number of hydrogen-bond acceptors (Lipinski definition) is 4. The fourth-order valence-corrected chi connectivity index (χ4v) is 1.95. The SMILES string of the molecule is O=C(Cc1ccccc1F)Nc1cc(-n2ccnc2)ncn1. The largest absolute Gasteiger partial charge is 0.310 e. The Morgan fingerprint density at radius 1 is 1.27 bits per heavy atom. The highest BCUT2D eigenvalue weighted by Gasteiger charge is 2.09. The molecule has 110 valence electrons. The van der Waals surface area contributed by atoms with Crippen molar-refractivity contribution in [3.8, 4) is 5.82 Å². The maximum atomic E-state index is 13.5. The first-order chi connectivity index (χ1) is 10.7. The Hall–Kier alpha value is -3.09. The number of nitrogens with zero attached hydrogens (tertiary/aromatic N) is 4. The molecule has 3 aromatic rings. The topological polar surface area (TPSA) is 72.7 Å². The predicted molar refractivity (Wildman–Crippen MR) is 77.9 cm³/mol. The molecule has 2 heterocycles. The highest BCUT2D eigenvalue weighted by Crippen LogP contribution is 2.11. The van der Waals surface area contributed by atoms with E-state index in [2.05, 4.69) is 20.3 Å². The van der Waals surface area contributed by atoms with Crippen LogP contribution in [0.3, 0.4) is 0 Å². The van der Waals surface area contributed by atoms with Gasteiger partial charge in [-0.25, -0.2) is 19.3 Å². The average Bonchev–Trinajstić information content (AvgIpc) is 3.04. The van der Waals surface area contributed by atoms with Crippen LogP contribution in [0.5, 0.6) is 0 Å². The molecule has 0 fully saturated rings. The predicted octanol–water partition coefficient (Wildman–Crippen LogP) is 1.98. The zero-order chi connectivity index (χ0) is 15.4. The Balaban J connectivity index is 1.72. The zero-order valence-electron chi connectivity index (χ0n) is 11.5. The third-order valence-corrected chi connectivity index (χ3v) is 3.00. The first kappa shape index (κ1) is 13.9. The van der Waals surface area contributed by atoms with E-state index in [4.69, 9.17) is 0 Å². The number of halogens is 1. The lowest BCUT2D eigenvalue weighted by Gasteiger charge is -2.07. The summed E-state index contributed by atoms with van der Waals surface area (Å²) in [5.74, 6) is 0.175. The molecule has 0 aliphatic carbocycles. The molecule has 0 aliphatic heterocycles. The van der Waals surface area contributed by atoms with E-state index in [1.54, 1.807) is 47.6 Å². The van der Waals surface area contributed by atoms with Crippen molar-refractivity contribution >= 4 is 11.7 Å². The number of imidazole rings is 1. The van der Waals surface area contributed by atoms with Crippen LogP contribution in [0, 0.1) is 5.82 Å². The second kappa shape index (κ2) is 6.13. The van der Waals surface area contributed by atoms with E-state index in [1.807, 2.05) is 0 Å². The van der Waals surface area contributed by atoms with Crippen LogP contribution in [0.4, 0.5) is 10.2 Å². The van der Waals surface area contributed by atoms with Crippen LogP contribution >= 0.6 is 0 Å². The number of rotatable bonds is 4. The number of carbonyl (C=O) groups excluding carboxylic acids is 1. The van der Waals surface area contributed by atoms with Crippen LogP contribution < -0.4 is 5.32 Å². The maximum absolute atomic E-state index is 13.5. The van der Waals surface area contributed by atoms with Gasteiger partial charge >= 0.3 is 0 Å². The van der Waals surface area contributed by atoms with Gasteiger partial charge in [0.25, 0.3) is 0 Å². The van der Waals surface area contributed by atoms with Gasteiger partial charge in [0.2, 0.25) is 5.91 Å². The normalized spacial score (nSPS) is 10.4. The standard InChI is InChI=1S/C15H12FN5O/c16-12-4-2-1-3-11(12)7-15(22)20-13-8-14(19-9-18-13)21-6-5-17-10-21/h1-6,8-10H,7H2,(H,18,19,20,22). The second-order valence-electron chi connectivity index (χ2n) is 4.55. The van der Waals surface area contributed by atoms with Crippen molar-refractivity contribution in [2.45, 2.75) is 6.42 Å². The molecule has 1 aromatic carbocycles. The van der Waals surface area contributed by atoms with E-state index in [9.17, 15) is 9.18 Å². The number of aromatic nitrogens is 4. The van der Waals surface area contributed by atoms with Gasteiger partial charge in [0.15, 0.2) is 0 Å². The van der Waals surface area contributed by atoms with Crippen molar-refractivity contribution in [1.82, 2.24) is 19.5 Å². The molecule has 0 saturated heterocycles. The van der Waals surface area contributed by atoms with Crippen LogP contribution in [0.1, 0.15) is 5.56 Å². The number of hydrogen-bond donors (Lipinski definition) is 1. The van der Waals surface area contributed by atoms with Gasteiger partial charge in [-0.2, -0.15) is 0 Å². The van der Waals surface area contributed by atoms with Gasteiger partial charge in [0.1, 0.15) is 30.1 Å². The Kier molecular flexibility index (Phi) is 3.86. The molecule has 1 amide bonds. The van der Waals surface area contributed by atoms with Crippen molar-refractivity contribution in [3.63, 3.8) is 0 Å². The summed E-state index contributed by atoms with van der Waals surface area (Å²) in [6, 6.07) is 7.78. The van der Waals surface area contributed by atoms with Gasteiger partial charge < -0.3 is 5.32 Å². The fraction of sp³-hybridized carbons (Fsp3) is 0.0667. The highest BCUT2D eigenvalue weighted by atomic mass is 19.1. The lowest BCUT2D eigenvalue weighted by atomic mass is 10.1. The van der Waals surface area contributed by atoms with E-state index in [1.165, 1.54) is 12.4 Å². The molecule has 3 rings (SSSR count). The third-order valence-electron chi connectivity index (χ3n) is 3.00. The monoisotopic (exact) mass is 297 g/mol. The van der Waals surface area contributed by atoms with Gasteiger partial charge in [0.05, 0.1) is 6.42 Å². The molecule has 0 unspecified atom stereocenters. The van der Waals surface area contributed by atoms with Crippen LogP contribution in [-0.4, -0.2) is 25.4 Å². The number of anilines is 1. The fourth-order valence-electron chi connectivity index (χ4n) is 1.95. The Labute approximate surface area is 125 Å². The molecule has 6 nitrogen and oxygen atoms in total. The van der Waals surface area contributed by atoms with E-state index in [0.29, 0.717) is 17.2 Å². The maximum Gasteiger partial charge on any atom is 0.230 e. The Bertz CT molecular complexity index is 788. The van der Waals surface area contributed by atoms with Gasteiger partial charge in [-0.15, -0.1) is 0 Å². The molecule has 0 spiro atoms. The highest BCUT2D eigenvalue weighted by molar-refractivity contribution is 5.91. The molecule has 0 atom stereocenters. The molecule has 22 heavy (non-hydrogen) atoms. The van der Waals surface area contributed by atoms with Gasteiger partial charge in [-0.1, -0.05) is 18.2 Å². The summed E-state index contributed by atoms with van der Waals surface area (Å²) in [5, 5.41) is 2.63. The van der Waals surface area contributed by atoms with Crippen LogP contribution in [-0.2, 0) is 11.2 Å². The molecule has 1 N–H and O–H groups in total. The van der Waals surface area contributed by atoms with Gasteiger partial charge in [-0.3, -0.25) is 9.36 Å². The van der Waals surface area contributed by atoms with Crippen LogP contribution in [0.2, 0.25) is 0 Å². The number of carbonyl (C=O) groups is 1. The minimum Gasteiger partial charge on any atom is -0.310 e. The molecule has 2 aromatic heterocycles. The first-order valence-electron chi connectivity index (χ1n) is 6.56. The second-order valence-corrected chi connectivity index (χ2v) is 4.55. The lowest BCUT2D eigenvalue weighted by molar-refractivity contribution is -0.115. The van der Waals surface area contributed by atoms with Crippen molar-refractivity contribution in [2.75, 3.05) is 5.32 Å². The van der Waals surface area contributed by atoms with Gasteiger partial charge in [0, 0.05) is 18.5 Å². The summed E-state index contributed by atoms with van der Waals surface area (Å²) < 4.78 is 15.2. The molecular weight excluding hydrogens is 285 g/mol. The summed E-state index contributed by atoms with van der Waals surface area (Å²) in [4.78, 5) is 24.0. The summed E-state index contributed by atoms with van der Waals surface area (Å²) in [6.45, 7) is 0. The average molecular weight is 297 g/mol. The molecule has 0 aliphatic rings. The van der Waals surface area contributed by atoms with Gasteiger partial charge in [-0.05, 0) is 11.6 Å².